The molecule has 2 aromatic rings. The highest BCUT2D eigenvalue weighted by molar-refractivity contribution is 9.10. The molecule has 0 atom stereocenters. The molecule has 0 aliphatic heterocycles. The van der Waals surface area contributed by atoms with E-state index in [0.29, 0.717) is 21.9 Å². The van der Waals surface area contributed by atoms with E-state index in [2.05, 4.69) is 15.9 Å². The summed E-state index contributed by atoms with van der Waals surface area (Å²) in [4.78, 5) is 0. The van der Waals surface area contributed by atoms with Crippen LogP contribution < -0.4 is 4.74 Å². The molecule has 0 heterocycles. The van der Waals surface area contributed by atoms with E-state index in [1.165, 1.54) is 12.1 Å². The minimum absolute atomic E-state index is 0.340. The average Bonchev–Trinajstić information content (AvgIpc) is 2.36. The normalized spacial score (nSPS) is 10.4. The van der Waals surface area contributed by atoms with Crippen LogP contribution in [0.3, 0.4) is 0 Å². The Labute approximate surface area is 119 Å². The van der Waals surface area contributed by atoms with E-state index in [1.54, 1.807) is 6.07 Å². The maximum Gasteiger partial charge on any atom is 0.144 e. The maximum atomic E-state index is 13.2. The van der Waals surface area contributed by atoms with Crippen LogP contribution in [0, 0.1) is 12.7 Å². The molecular weight excluding hydrogens is 319 g/mol. The van der Waals surface area contributed by atoms with Crippen molar-refractivity contribution < 1.29 is 9.13 Å². The van der Waals surface area contributed by atoms with Crippen molar-refractivity contribution in [1.82, 2.24) is 0 Å². The number of hydrogen-bond acceptors (Lipinski definition) is 1. The molecule has 0 saturated carbocycles. The lowest BCUT2D eigenvalue weighted by molar-refractivity contribution is 0.469. The largest absolute Gasteiger partial charge is 0.456 e. The minimum Gasteiger partial charge on any atom is -0.456 e. The van der Waals surface area contributed by atoms with Crippen LogP contribution in [0.4, 0.5) is 4.39 Å². The van der Waals surface area contributed by atoms with Gasteiger partial charge >= 0.3 is 0 Å². The summed E-state index contributed by atoms with van der Waals surface area (Å²) in [6.07, 6.45) is 0. The topological polar surface area (TPSA) is 9.23 Å². The lowest BCUT2D eigenvalue weighted by atomic mass is 10.1. The van der Waals surface area contributed by atoms with Crippen LogP contribution in [0.25, 0.3) is 0 Å². The fourth-order valence-electron chi connectivity index (χ4n) is 1.59. The highest BCUT2D eigenvalue weighted by Gasteiger charge is 2.08. The van der Waals surface area contributed by atoms with E-state index < -0.39 is 0 Å². The molecule has 2 aromatic carbocycles. The van der Waals surface area contributed by atoms with Gasteiger partial charge in [0.15, 0.2) is 0 Å². The van der Waals surface area contributed by atoms with Gasteiger partial charge in [0.25, 0.3) is 0 Å². The SMILES string of the molecule is Cc1ccc(Oc2cc(F)ccc2Br)c(CCl)c1. The first kappa shape index (κ1) is 13.4. The minimum atomic E-state index is -0.340. The number of halogens is 3. The van der Waals surface area contributed by atoms with E-state index in [0.717, 1.165) is 11.1 Å². The van der Waals surface area contributed by atoms with Crippen LogP contribution >= 0.6 is 27.5 Å². The molecule has 0 unspecified atom stereocenters. The number of alkyl halides is 1. The molecule has 94 valence electrons. The molecule has 0 aliphatic carbocycles. The zero-order valence-electron chi connectivity index (χ0n) is 9.71. The Hall–Kier alpha value is -1.06. The number of rotatable bonds is 3. The predicted octanol–water partition coefficient (Wildman–Crippen LogP) is 5.43. The summed E-state index contributed by atoms with van der Waals surface area (Å²) in [6.45, 7) is 1.98. The number of aryl methyl sites for hydroxylation is 1. The van der Waals surface area contributed by atoms with Crippen molar-refractivity contribution in [3.63, 3.8) is 0 Å². The second-order valence-corrected chi connectivity index (χ2v) is 5.04. The monoisotopic (exact) mass is 328 g/mol. The van der Waals surface area contributed by atoms with Crippen molar-refractivity contribution in [2.24, 2.45) is 0 Å². The van der Waals surface area contributed by atoms with Crippen LogP contribution in [0.15, 0.2) is 40.9 Å². The standard InChI is InChI=1S/C14H11BrClFO/c1-9-2-5-13(10(6-9)8-16)18-14-7-11(17)3-4-12(14)15/h2-7H,8H2,1H3. The third-order valence-corrected chi connectivity index (χ3v) is 3.42. The van der Waals surface area contributed by atoms with E-state index >= 15 is 0 Å². The van der Waals surface area contributed by atoms with Gasteiger partial charge in [-0.3, -0.25) is 0 Å². The van der Waals surface area contributed by atoms with E-state index in [9.17, 15) is 4.39 Å². The highest BCUT2D eigenvalue weighted by Crippen LogP contribution is 2.33. The van der Waals surface area contributed by atoms with Crippen molar-refractivity contribution in [1.29, 1.82) is 0 Å². The van der Waals surface area contributed by atoms with Crippen molar-refractivity contribution in [2.45, 2.75) is 12.8 Å². The summed E-state index contributed by atoms with van der Waals surface area (Å²) in [5, 5.41) is 0. The van der Waals surface area contributed by atoms with Gasteiger partial charge < -0.3 is 4.74 Å². The summed E-state index contributed by atoms with van der Waals surface area (Å²) in [6, 6.07) is 10.0. The summed E-state index contributed by atoms with van der Waals surface area (Å²) >= 11 is 9.20. The smallest absolute Gasteiger partial charge is 0.144 e. The molecular formula is C14H11BrClFO. The Morgan fingerprint density at radius 2 is 1.94 bits per heavy atom. The van der Waals surface area contributed by atoms with Crippen molar-refractivity contribution >= 4 is 27.5 Å². The highest BCUT2D eigenvalue weighted by atomic mass is 79.9. The molecule has 0 aliphatic rings. The summed E-state index contributed by atoms with van der Waals surface area (Å²) in [5.41, 5.74) is 1.99. The fraction of sp³-hybridized carbons (Fsp3) is 0.143. The van der Waals surface area contributed by atoms with Gasteiger partial charge in [0, 0.05) is 11.6 Å². The predicted molar refractivity (Wildman–Crippen MR) is 74.9 cm³/mol. The lowest BCUT2D eigenvalue weighted by Crippen LogP contribution is -1.92. The van der Waals surface area contributed by atoms with Gasteiger partial charge in [-0.2, -0.15) is 0 Å². The van der Waals surface area contributed by atoms with Crippen LogP contribution in [0.2, 0.25) is 0 Å². The maximum absolute atomic E-state index is 13.2. The van der Waals surface area contributed by atoms with Crippen molar-refractivity contribution in [2.75, 3.05) is 0 Å². The molecule has 0 fully saturated rings. The number of benzene rings is 2. The Kier molecular flexibility index (Phi) is 4.25. The molecule has 0 bridgehead atoms. The Morgan fingerprint density at radius 3 is 2.67 bits per heavy atom. The molecule has 18 heavy (non-hydrogen) atoms. The average molecular weight is 330 g/mol. The van der Waals surface area contributed by atoms with Crippen LogP contribution in [0.1, 0.15) is 11.1 Å². The molecule has 1 nitrogen and oxygen atoms in total. The molecule has 0 N–H and O–H groups in total. The van der Waals surface area contributed by atoms with Gasteiger partial charge in [0.05, 0.1) is 10.4 Å². The summed E-state index contributed by atoms with van der Waals surface area (Å²) in [7, 11) is 0. The van der Waals surface area contributed by atoms with Gasteiger partial charge in [-0.1, -0.05) is 17.7 Å². The van der Waals surface area contributed by atoms with Crippen molar-refractivity contribution in [3.8, 4) is 11.5 Å². The van der Waals surface area contributed by atoms with E-state index in [4.69, 9.17) is 16.3 Å². The second kappa shape index (κ2) is 5.72. The third kappa shape index (κ3) is 3.03. The molecule has 0 saturated heterocycles. The first-order chi connectivity index (χ1) is 8.60. The Bertz CT molecular complexity index is 572. The van der Waals surface area contributed by atoms with Crippen LogP contribution in [0.5, 0.6) is 11.5 Å². The van der Waals surface area contributed by atoms with Crippen LogP contribution in [-0.4, -0.2) is 0 Å². The van der Waals surface area contributed by atoms with E-state index in [1.807, 2.05) is 25.1 Å². The zero-order valence-corrected chi connectivity index (χ0v) is 12.1. The Morgan fingerprint density at radius 1 is 1.17 bits per heavy atom. The number of hydrogen-bond donors (Lipinski definition) is 0. The summed E-state index contributed by atoms with van der Waals surface area (Å²) < 4.78 is 19.6. The molecule has 0 amide bonds. The molecule has 0 radical (unpaired) electrons. The van der Waals surface area contributed by atoms with Gasteiger partial charge in [-0.25, -0.2) is 4.39 Å². The fourth-order valence-corrected chi connectivity index (χ4v) is 2.12. The molecule has 0 spiro atoms. The van der Waals surface area contributed by atoms with Gasteiger partial charge in [0.2, 0.25) is 0 Å². The van der Waals surface area contributed by atoms with E-state index in [-0.39, 0.29) is 5.82 Å². The second-order valence-electron chi connectivity index (χ2n) is 3.92. The summed E-state index contributed by atoms with van der Waals surface area (Å²) in [5.74, 6) is 1.09. The quantitative estimate of drug-likeness (QED) is 0.682. The van der Waals surface area contributed by atoms with Gasteiger partial charge in [-0.15, -0.1) is 11.6 Å². The molecule has 2 rings (SSSR count). The lowest BCUT2D eigenvalue weighted by Gasteiger charge is -2.11. The first-order valence-electron chi connectivity index (χ1n) is 5.38. The molecule has 0 aromatic heterocycles. The molecule has 4 heteroatoms. The third-order valence-electron chi connectivity index (χ3n) is 2.47. The Balaban J connectivity index is 2.36. The number of ether oxygens (including phenoxy) is 1. The van der Waals surface area contributed by atoms with Crippen molar-refractivity contribution in [3.05, 3.63) is 57.8 Å². The van der Waals surface area contributed by atoms with Gasteiger partial charge in [0.1, 0.15) is 17.3 Å². The van der Waals surface area contributed by atoms with Gasteiger partial charge in [-0.05, 0) is 41.1 Å². The zero-order chi connectivity index (χ0) is 13.1. The first-order valence-corrected chi connectivity index (χ1v) is 6.71. The van der Waals surface area contributed by atoms with Crippen LogP contribution in [-0.2, 0) is 5.88 Å².